The van der Waals surface area contributed by atoms with Gasteiger partial charge < -0.3 is 9.47 Å². The Kier molecular flexibility index (Phi) is 4.39. The van der Waals surface area contributed by atoms with Crippen LogP contribution in [0.3, 0.4) is 0 Å². The fourth-order valence-corrected chi connectivity index (χ4v) is 4.00. The molecule has 3 rings (SSSR count). The number of aromatic nitrogens is 3. The number of nitrogens with zero attached hydrogens (tertiary/aromatic N) is 4. The third kappa shape index (κ3) is 3.24. The number of sulfone groups is 1. The molecule has 1 aromatic carbocycles. The first-order valence-electron chi connectivity index (χ1n) is 7.93. The van der Waals surface area contributed by atoms with E-state index in [2.05, 4.69) is 15.1 Å². The maximum absolute atomic E-state index is 11.9. The van der Waals surface area contributed by atoms with E-state index in [1.165, 1.54) is 0 Å². The van der Waals surface area contributed by atoms with Gasteiger partial charge in [-0.15, -0.1) is 10.2 Å². The predicted octanol–water partition coefficient (Wildman–Crippen LogP) is 1.99. The highest BCUT2D eigenvalue weighted by Crippen LogP contribution is 2.29. The Morgan fingerprint density at radius 2 is 2.00 bits per heavy atom. The first kappa shape index (κ1) is 16.0. The van der Waals surface area contributed by atoms with Gasteiger partial charge in [0, 0.05) is 31.7 Å². The maximum Gasteiger partial charge on any atom is 0.178 e. The van der Waals surface area contributed by atoms with Crippen molar-refractivity contribution in [2.75, 3.05) is 23.7 Å². The van der Waals surface area contributed by atoms with Gasteiger partial charge in [0.05, 0.1) is 10.6 Å². The fourth-order valence-electron chi connectivity index (χ4n) is 3.12. The summed E-state index contributed by atoms with van der Waals surface area (Å²) in [5.74, 6) is 1.50. The number of anilines is 1. The number of benzene rings is 1. The van der Waals surface area contributed by atoms with Gasteiger partial charge >= 0.3 is 0 Å². The maximum atomic E-state index is 11.9. The Morgan fingerprint density at radius 1 is 1.26 bits per heavy atom. The summed E-state index contributed by atoms with van der Waals surface area (Å²) >= 11 is 0. The van der Waals surface area contributed by atoms with Crippen LogP contribution in [0.25, 0.3) is 0 Å². The van der Waals surface area contributed by atoms with Crippen molar-refractivity contribution in [2.45, 2.75) is 30.6 Å². The van der Waals surface area contributed by atoms with E-state index >= 15 is 0 Å². The Labute approximate surface area is 137 Å². The molecule has 0 aliphatic carbocycles. The molecule has 1 fully saturated rings. The minimum atomic E-state index is -3.14. The summed E-state index contributed by atoms with van der Waals surface area (Å²) in [6.45, 7) is 3.53. The van der Waals surface area contributed by atoms with Crippen LogP contribution < -0.4 is 4.90 Å². The second-order valence-electron chi connectivity index (χ2n) is 5.98. The molecule has 1 aliphatic heterocycles. The molecule has 0 bridgehead atoms. The third-order valence-corrected chi connectivity index (χ3v) is 6.22. The largest absolute Gasteiger partial charge is 0.371 e. The number of hydrogen-bond donors (Lipinski definition) is 0. The molecule has 2 heterocycles. The topological polar surface area (TPSA) is 68.1 Å². The van der Waals surface area contributed by atoms with E-state index in [-0.39, 0.29) is 5.75 Å². The quantitative estimate of drug-likeness (QED) is 0.855. The lowest BCUT2D eigenvalue weighted by molar-refractivity contribution is 0.480. The molecule has 0 spiro atoms. The molecule has 124 valence electrons. The predicted molar refractivity (Wildman–Crippen MR) is 89.4 cm³/mol. The van der Waals surface area contributed by atoms with Crippen molar-refractivity contribution in [3.8, 4) is 0 Å². The van der Waals surface area contributed by atoms with Crippen molar-refractivity contribution in [1.29, 1.82) is 0 Å². The Balaban J connectivity index is 1.78. The summed E-state index contributed by atoms with van der Waals surface area (Å²) < 4.78 is 25.8. The molecule has 6 nitrogen and oxygen atoms in total. The zero-order chi connectivity index (χ0) is 16.4. The summed E-state index contributed by atoms with van der Waals surface area (Å²) in [7, 11) is -1.17. The van der Waals surface area contributed by atoms with Gasteiger partial charge in [0.1, 0.15) is 12.2 Å². The normalized spacial score (nSPS) is 19.0. The van der Waals surface area contributed by atoms with Crippen molar-refractivity contribution in [1.82, 2.24) is 14.8 Å². The summed E-state index contributed by atoms with van der Waals surface area (Å²) in [5, 5.41) is 8.20. The molecule has 1 atom stereocenters. The van der Waals surface area contributed by atoms with Crippen LogP contribution in [0.15, 0.2) is 35.5 Å². The molecule has 1 saturated heterocycles. The van der Waals surface area contributed by atoms with Crippen molar-refractivity contribution in [2.24, 2.45) is 7.05 Å². The average Bonchev–Trinajstić information content (AvgIpc) is 3.01. The van der Waals surface area contributed by atoms with Crippen molar-refractivity contribution in [3.05, 3.63) is 36.4 Å². The van der Waals surface area contributed by atoms with Crippen LogP contribution in [-0.4, -0.2) is 42.0 Å². The number of hydrogen-bond acceptors (Lipinski definition) is 5. The highest BCUT2D eigenvalue weighted by molar-refractivity contribution is 7.91. The van der Waals surface area contributed by atoms with Crippen LogP contribution in [0.4, 0.5) is 5.69 Å². The summed E-state index contributed by atoms with van der Waals surface area (Å²) in [4.78, 5) is 2.69. The Hall–Kier alpha value is -1.89. The third-order valence-electron chi connectivity index (χ3n) is 4.47. The molecule has 0 unspecified atom stereocenters. The molecule has 0 radical (unpaired) electrons. The monoisotopic (exact) mass is 334 g/mol. The van der Waals surface area contributed by atoms with E-state index in [9.17, 15) is 8.42 Å². The van der Waals surface area contributed by atoms with Gasteiger partial charge in [0.15, 0.2) is 9.84 Å². The Bertz CT molecular complexity index is 768. The highest BCUT2D eigenvalue weighted by atomic mass is 32.2. The molecule has 1 aliphatic rings. The van der Waals surface area contributed by atoms with E-state index < -0.39 is 9.84 Å². The molecule has 1 aromatic heterocycles. The molecule has 0 saturated carbocycles. The minimum Gasteiger partial charge on any atom is -0.371 e. The van der Waals surface area contributed by atoms with Crippen LogP contribution in [0.1, 0.15) is 31.5 Å². The molecular formula is C16H22N4O2S. The van der Waals surface area contributed by atoms with Crippen LogP contribution in [-0.2, 0) is 16.9 Å². The summed E-state index contributed by atoms with van der Waals surface area (Å²) in [6, 6.07) is 7.23. The number of rotatable bonds is 4. The van der Waals surface area contributed by atoms with E-state index in [0.717, 1.165) is 37.4 Å². The zero-order valence-electron chi connectivity index (χ0n) is 13.5. The van der Waals surface area contributed by atoms with Crippen LogP contribution >= 0.6 is 0 Å². The van der Waals surface area contributed by atoms with E-state index in [4.69, 9.17) is 0 Å². The average molecular weight is 334 g/mol. The van der Waals surface area contributed by atoms with Gasteiger partial charge in [-0.1, -0.05) is 6.92 Å². The molecule has 23 heavy (non-hydrogen) atoms. The summed E-state index contributed by atoms with van der Waals surface area (Å²) in [6.07, 6.45) is 3.93. The van der Waals surface area contributed by atoms with Gasteiger partial charge in [-0.3, -0.25) is 0 Å². The number of aryl methyl sites for hydroxylation is 1. The van der Waals surface area contributed by atoms with Crippen molar-refractivity contribution >= 4 is 15.5 Å². The van der Waals surface area contributed by atoms with E-state index in [0.29, 0.717) is 10.8 Å². The highest BCUT2D eigenvalue weighted by Gasteiger charge is 2.25. The second-order valence-corrected chi connectivity index (χ2v) is 8.26. The molecule has 0 N–H and O–H groups in total. The van der Waals surface area contributed by atoms with Gasteiger partial charge in [0.2, 0.25) is 0 Å². The van der Waals surface area contributed by atoms with Gasteiger partial charge in [-0.05, 0) is 37.1 Å². The van der Waals surface area contributed by atoms with E-state index in [1.807, 2.05) is 23.7 Å². The van der Waals surface area contributed by atoms with Crippen LogP contribution in [0.5, 0.6) is 0 Å². The minimum absolute atomic E-state index is 0.129. The lowest BCUT2D eigenvalue weighted by atomic mass is 9.96. The van der Waals surface area contributed by atoms with Crippen molar-refractivity contribution < 1.29 is 8.42 Å². The zero-order valence-corrected chi connectivity index (χ0v) is 14.3. The molecule has 7 heteroatoms. The van der Waals surface area contributed by atoms with Gasteiger partial charge in [-0.25, -0.2) is 8.42 Å². The van der Waals surface area contributed by atoms with Crippen molar-refractivity contribution in [3.63, 3.8) is 0 Å². The molecular weight excluding hydrogens is 312 g/mol. The van der Waals surface area contributed by atoms with E-state index in [1.54, 1.807) is 25.4 Å². The SMILES string of the molecule is CCS(=O)(=O)c1ccc(N2CCC[C@@H](c3nncn3C)C2)cc1. The van der Waals surface area contributed by atoms with Crippen LogP contribution in [0, 0.1) is 0 Å². The lowest BCUT2D eigenvalue weighted by Gasteiger charge is -2.34. The van der Waals surface area contributed by atoms with Gasteiger partial charge in [0.25, 0.3) is 0 Å². The standard InChI is InChI=1S/C16H22N4O2S/c1-3-23(21,22)15-8-6-14(7-9-15)20-10-4-5-13(11-20)16-18-17-12-19(16)2/h6-9,12-13H,3-5,10-11H2,1-2H3/t13-/m1/s1. The van der Waals surface area contributed by atoms with Crippen LogP contribution in [0.2, 0.25) is 0 Å². The number of piperidine rings is 1. The molecule has 2 aromatic rings. The fraction of sp³-hybridized carbons (Fsp3) is 0.500. The first-order chi connectivity index (χ1) is 11.0. The smallest absolute Gasteiger partial charge is 0.178 e. The Morgan fingerprint density at radius 3 is 2.61 bits per heavy atom. The molecule has 0 amide bonds. The second kappa shape index (κ2) is 6.31. The van der Waals surface area contributed by atoms with Gasteiger partial charge in [-0.2, -0.15) is 0 Å². The summed E-state index contributed by atoms with van der Waals surface area (Å²) in [5.41, 5.74) is 1.06. The first-order valence-corrected chi connectivity index (χ1v) is 9.58. The lowest BCUT2D eigenvalue weighted by Crippen LogP contribution is -2.35.